The van der Waals surface area contributed by atoms with Crippen LogP contribution in [0.4, 0.5) is 0 Å². The number of unbranched alkanes of at least 4 members (excludes halogenated alkanes) is 2. The van der Waals surface area contributed by atoms with Gasteiger partial charge in [0.05, 0.1) is 12.2 Å². The van der Waals surface area contributed by atoms with Gasteiger partial charge in [-0.25, -0.2) is 0 Å². The van der Waals surface area contributed by atoms with Crippen molar-refractivity contribution in [3.8, 4) is 11.8 Å². The van der Waals surface area contributed by atoms with Crippen LogP contribution >= 0.6 is 0 Å². The standard InChI is InChI=1S/C34H60O3Si2/c1-10-12-21-38(6,7)36-30-23-29(27(4)33(24-30)37-39(8,9)22-13-11-2)17-16-28-15-14-20-34(5)31(26(3)25-35)18-19-32(28)34/h15,26,30-33,35H,10-14,18-25H2,1-9H3. The van der Waals surface area contributed by atoms with Gasteiger partial charge in [0, 0.05) is 30.6 Å². The fraction of sp³-hybridized carbons (Fsp3) is 0.824. The maximum atomic E-state index is 9.91. The van der Waals surface area contributed by atoms with E-state index in [9.17, 15) is 5.11 Å². The first kappa shape index (κ1) is 32.9. The molecule has 1 fully saturated rings. The van der Waals surface area contributed by atoms with Gasteiger partial charge in [-0.1, -0.05) is 71.3 Å². The highest BCUT2D eigenvalue weighted by Gasteiger charge is 2.50. The second kappa shape index (κ2) is 14.0. The van der Waals surface area contributed by atoms with Gasteiger partial charge in [-0.15, -0.1) is 0 Å². The monoisotopic (exact) mass is 572 g/mol. The van der Waals surface area contributed by atoms with E-state index >= 15 is 0 Å². The first-order valence-electron chi connectivity index (χ1n) is 16.2. The third-order valence-electron chi connectivity index (χ3n) is 10.2. The molecule has 222 valence electrons. The van der Waals surface area contributed by atoms with Crippen molar-refractivity contribution in [3.63, 3.8) is 0 Å². The molecule has 0 spiro atoms. The van der Waals surface area contributed by atoms with Gasteiger partial charge in [0.25, 0.3) is 0 Å². The van der Waals surface area contributed by atoms with Gasteiger partial charge in [-0.05, 0) is 99.6 Å². The summed E-state index contributed by atoms with van der Waals surface area (Å²) in [4.78, 5) is 0. The summed E-state index contributed by atoms with van der Waals surface area (Å²) in [5, 5.41) is 9.91. The lowest BCUT2D eigenvalue weighted by atomic mass is 9.62. The highest BCUT2D eigenvalue weighted by molar-refractivity contribution is 6.71. The average molecular weight is 573 g/mol. The van der Waals surface area contributed by atoms with Crippen LogP contribution in [0.1, 0.15) is 98.8 Å². The van der Waals surface area contributed by atoms with Gasteiger partial charge < -0.3 is 14.0 Å². The van der Waals surface area contributed by atoms with Gasteiger partial charge >= 0.3 is 0 Å². The number of rotatable bonds is 12. The van der Waals surface area contributed by atoms with E-state index in [0.29, 0.717) is 24.4 Å². The predicted molar refractivity (Wildman–Crippen MR) is 172 cm³/mol. The zero-order chi connectivity index (χ0) is 28.8. The minimum atomic E-state index is -1.76. The van der Waals surface area contributed by atoms with E-state index < -0.39 is 16.6 Å². The van der Waals surface area contributed by atoms with Crippen molar-refractivity contribution in [1.82, 2.24) is 0 Å². The van der Waals surface area contributed by atoms with E-state index in [1.54, 1.807) is 0 Å². The lowest BCUT2D eigenvalue weighted by Gasteiger charge is -2.42. The Morgan fingerprint density at radius 2 is 1.67 bits per heavy atom. The Hall–Kier alpha value is -0.646. The van der Waals surface area contributed by atoms with Crippen LogP contribution in [0.15, 0.2) is 22.8 Å². The molecule has 0 aromatic rings. The maximum Gasteiger partial charge on any atom is 0.187 e. The summed E-state index contributed by atoms with van der Waals surface area (Å²) in [6, 6.07) is 2.45. The van der Waals surface area contributed by atoms with Crippen molar-refractivity contribution in [1.29, 1.82) is 0 Å². The molecule has 0 aromatic carbocycles. The summed E-state index contributed by atoms with van der Waals surface area (Å²) in [7, 11) is -3.48. The molecule has 0 amide bonds. The van der Waals surface area contributed by atoms with Crippen LogP contribution in [0.5, 0.6) is 0 Å². The number of aliphatic hydroxyl groups excluding tert-OH is 1. The van der Waals surface area contributed by atoms with E-state index in [0.717, 1.165) is 19.3 Å². The smallest absolute Gasteiger partial charge is 0.187 e. The summed E-state index contributed by atoms with van der Waals surface area (Å²) < 4.78 is 13.9. The Kier molecular flexibility index (Phi) is 11.8. The molecule has 6 unspecified atom stereocenters. The fourth-order valence-corrected chi connectivity index (χ4v) is 12.6. The van der Waals surface area contributed by atoms with Crippen LogP contribution < -0.4 is 0 Å². The van der Waals surface area contributed by atoms with E-state index in [1.807, 2.05) is 0 Å². The Morgan fingerprint density at radius 1 is 1.03 bits per heavy atom. The molecular formula is C34H60O3Si2. The highest BCUT2D eigenvalue weighted by Crippen LogP contribution is 2.57. The average Bonchev–Trinajstić information content (AvgIpc) is 3.24. The molecule has 0 radical (unpaired) electrons. The van der Waals surface area contributed by atoms with E-state index in [2.05, 4.69) is 78.7 Å². The molecule has 1 N–H and O–H groups in total. The van der Waals surface area contributed by atoms with Gasteiger partial charge in [-0.2, -0.15) is 0 Å². The highest BCUT2D eigenvalue weighted by atomic mass is 28.4. The number of allylic oxidation sites excluding steroid dienone is 2. The van der Waals surface area contributed by atoms with Crippen molar-refractivity contribution in [2.24, 2.45) is 23.2 Å². The molecule has 3 nitrogen and oxygen atoms in total. The molecular weight excluding hydrogens is 513 g/mol. The van der Waals surface area contributed by atoms with Gasteiger partial charge in [-0.3, -0.25) is 0 Å². The minimum absolute atomic E-state index is 0.134. The second-order valence-corrected chi connectivity index (χ2v) is 23.0. The summed E-state index contributed by atoms with van der Waals surface area (Å²) in [5.41, 5.74) is 4.23. The van der Waals surface area contributed by atoms with Crippen LogP contribution in [0, 0.1) is 35.0 Å². The first-order chi connectivity index (χ1) is 18.4. The maximum absolute atomic E-state index is 9.91. The molecule has 0 aliphatic heterocycles. The summed E-state index contributed by atoms with van der Waals surface area (Å²) in [5.74, 6) is 8.95. The zero-order valence-electron chi connectivity index (χ0n) is 26.9. The molecule has 0 aromatic heterocycles. The van der Waals surface area contributed by atoms with Crippen LogP contribution in [0.25, 0.3) is 0 Å². The molecule has 0 heterocycles. The Morgan fingerprint density at radius 3 is 2.28 bits per heavy atom. The van der Waals surface area contributed by atoms with Crippen LogP contribution in [0.3, 0.4) is 0 Å². The Balaban J connectivity index is 1.87. The van der Waals surface area contributed by atoms with Crippen molar-refractivity contribution >= 4 is 16.6 Å². The predicted octanol–water partition coefficient (Wildman–Crippen LogP) is 9.26. The third kappa shape index (κ3) is 8.45. The van der Waals surface area contributed by atoms with E-state index in [1.165, 1.54) is 73.8 Å². The normalized spacial score (nSPS) is 30.5. The number of hydrogen-bond acceptors (Lipinski definition) is 3. The van der Waals surface area contributed by atoms with E-state index in [-0.39, 0.29) is 17.6 Å². The molecule has 0 saturated heterocycles. The first-order valence-corrected chi connectivity index (χ1v) is 22.5. The van der Waals surface area contributed by atoms with Crippen LogP contribution in [-0.4, -0.2) is 40.6 Å². The fourth-order valence-electron chi connectivity index (χ4n) is 7.78. The molecule has 3 aliphatic rings. The zero-order valence-corrected chi connectivity index (χ0v) is 28.9. The largest absolute Gasteiger partial charge is 0.414 e. The molecule has 0 bridgehead atoms. The summed E-state index contributed by atoms with van der Waals surface area (Å²) in [6.07, 6.45) is 14.4. The van der Waals surface area contributed by atoms with Crippen molar-refractivity contribution in [2.45, 2.75) is 149 Å². The van der Waals surface area contributed by atoms with Crippen LogP contribution in [-0.2, 0) is 8.85 Å². The molecule has 5 heteroatoms. The topological polar surface area (TPSA) is 38.7 Å². The van der Waals surface area contributed by atoms with Gasteiger partial charge in [0.1, 0.15) is 0 Å². The number of fused-ring (bicyclic) bond motifs is 1. The molecule has 39 heavy (non-hydrogen) atoms. The van der Waals surface area contributed by atoms with Gasteiger partial charge in [0.15, 0.2) is 16.6 Å². The molecule has 3 aliphatic carbocycles. The van der Waals surface area contributed by atoms with Crippen LogP contribution in [0.2, 0.25) is 38.3 Å². The summed E-state index contributed by atoms with van der Waals surface area (Å²) in [6.45, 7) is 21.4. The quantitative estimate of drug-likeness (QED) is 0.187. The summed E-state index contributed by atoms with van der Waals surface area (Å²) >= 11 is 0. The number of aliphatic hydroxyl groups is 1. The lowest BCUT2D eigenvalue weighted by molar-refractivity contribution is 0.0796. The third-order valence-corrected chi connectivity index (χ3v) is 15.3. The molecule has 3 rings (SSSR count). The van der Waals surface area contributed by atoms with Crippen molar-refractivity contribution in [2.75, 3.05) is 6.61 Å². The van der Waals surface area contributed by atoms with Crippen molar-refractivity contribution < 1.29 is 14.0 Å². The second-order valence-electron chi connectivity index (χ2n) is 14.5. The Labute approximate surface area is 243 Å². The number of hydrogen-bond donors (Lipinski definition) is 1. The molecule has 6 atom stereocenters. The van der Waals surface area contributed by atoms with E-state index in [4.69, 9.17) is 8.85 Å². The van der Waals surface area contributed by atoms with Crippen molar-refractivity contribution in [3.05, 3.63) is 22.8 Å². The van der Waals surface area contributed by atoms with Gasteiger partial charge in [0.2, 0.25) is 0 Å². The lowest BCUT2D eigenvalue weighted by Crippen LogP contribution is -2.43. The Bertz CT molecular complexity index is 940. The minimum Gasteiger partial charge on any atom is -0.414 e. The molecule has 1 saturated carbocycles. The SMILES string of the molecule is CCCC[Si](C)(C)OC1CC(C#CC2=CCCC3(C)C2CCC3C(C)CO)=C(C)C(O[Si](C)(C)CCCC)C1.